The minimum Gasteiger partial charge on any atom is -0.379 e. The minimum absolute atomic E-state index is 0. The molecule has 1 saturated heterocycles. The average Bonchev–Trinajstić information content (AvgIpc) is 3.15. The van der Waals surface area contributed by atoms with Crippen molar-refractivity contribution < 1.29 is 13.9 Å². The molecule has 2 N–H and O–H groups in total. The maximum atomic E-state index is 13.7. The van der Waals surface area contributed by atoms with Gasteiger partial charge in [-0.2, -0.15) is 5.26 Å². The predicted octanol–water partition coefficient (Wildman–Crippen LogP) is 2.57. The first-order chi connectivity index (χ1) is 12.2. The SMILES string of the molecule is CN=C(NCCCOCC1CCCO1)NCc1cc(C#N)ccc1F.I. The van der Waals surface area contributed by atoms with Crippen molar-refractivity contribution in [3.05, 3.63) is 35.1 Å². The van der Waals surface area contributed by atoms with Gasteiger partial charge in [0.15, 0.2) is 5.96 Å². The van der Waals surface area contributed by atoms with Crippen LogP contribution in [0.3, 0.4) is 0 Å². The van der Waals surface area contributed by atoms with Gasteiger partial charge in [-0.3, -0.25) is 4.99 Å². The maximum Gasteiger partial charge on any atom is 0.191 e. The summed E-state index contributed by atoms with van der Waals surface area (Å²) in [6, 6.07) is 6.31. The third-order valence-corrected chi connectivity index (χ3v) is 3.93. The molecule has 0 aromatic heterocycles. The van der Waals surface area contributed by atoms with E-state index in [4.69, 9.17) is 14.7 Å². The van der Waals surface area contributed by atoms with Gasteiger partial charge in [0.1, 0.15) is 5.82 Å². The van der Waals surface area contributed by atoms with Crippen LogP contribution in [0.5, 0.6) is 0 Å². The molecule has 1 aliphatic heterocycles. The Morgan fingerprint density at radius 3 is 3.00 bits per heavy atom. The van der Waals surface area contributed by atoms with Crippen molar-refractivity contribution in [3.63, 3.8) is 0 Å². The van der Waals surface area contributed by atoms with Gasteiger partial charge in [-0.1, -0.05) is 0 Å². The first-order valence-corrected chi connectivity index (χ1v) is 8.55. The molecule has 1 atom stereocenters. The molecule has 0 radical (unpaired) electrons. The summed E-state index contributed by atoms with van der Waals surface area (Å²) in [7, 11) is 1.66. The number of hydrogen-bond acceptors (Lipinski definition) is 4. The van der Waals surface area contributed by atoms with Crippen LogP contribution in [0.4, 0.5) is 4.39 Å². The summed E-state index contributed by atoms with van der Waals surface area (Å²) in [6.07, 6.45) is 3.29. The van der Waals surface area contributed by atoms with E-state index in [-0.39, 0.29) is 42.4 Å². The number of benzene rings is 1. The van der Waals surface area contributed by atoms with Crippen molar-refractivity contribution in [3.8, 4) is 6.07 Å². The van der Waals surface area contributed by atoms with Crippen LogP contribution < -0.4 is 10.6 Å². The summed E-state index contributed by atoms with van der Waals surface area (Å²) in [5.41, 5.74) is 0.867. The second kappa shape index (κ2) is 12.8. The number of halogens is 2. The second-order valence-corrected chi connectivity index (χ2v) is 5.83. The maximum absolute atomic E-state index is 13.7. The topological polar surface area (TPSA) is 78.7 Å². The summed E-state index contributed by atoms with van der Waals surface area (Å²) < 4.78 is 24.8. The fourth-order valence-electron chi connectivity index (χ4n) is 2.55. The zero-order chi connectivity index (χ0) is 17.9. The number of rotatable bonds is 8. The third-order valence-electron chi connectivity index (χ3n) is 3.93. The molecule has 26 heavy (non-hydrogen) atoms. The Bertz CT molecular complexity index is 616. The summed E-state index contributed by atoms with van der Waals surface area (Å²) in [5.74, 6) is 0.241. The lowest BCUT2D eigenvalue weighted by atomic mass is 10.1. The van der Waals surface area contributed by atoms with Crippen molar-refractivity contribution in [1.82, 2.24) is 10.6 Å². The van der Waals surface area contributed by atoms with Crippen molar-refractivity contribution in [2.75, 3.05) is 33.4 Å². The summed E-state index contributed by atoms with van der Waals surface area (Å²) >= 11 is 0. The molecule has 1 heterocycles. The van der Waals surface area contributed by atoms with E-state index in [0.29, 0.717) is 36.8 Å². The lowest BCUT2D eigenvalue weighted by molar-refractivity contribution is 0.0168. The van der Waals surface area contributed by atoms with Gasteiger partial charge in [0.2, 0.25) is 0 Å². The summed E-state index contributed by atoms with van der Waals surface area (Å²) in [5, 5.41) is 15.1. The van der Waals surface area contributed by atoms with Gasteiger partial charge in [-0.25, -0.2) is 4.39 Å². The standard InChI is InChI=1S/C18H25FN4O2.HI/c1-21-18(22-7-3-8-24-13-16-4-2-9-25-16)23-12-15-10-14(11-20)5-6-17(15)19;/h5-6,10,16H,2-4,7-9,12-13H2,1H3,(H2,21,22,23);1H. The molecule has 0 amide bonds. The lowest BCUT2D eigenvalue weighted by Crippen LogP contribution is -2.37. The van der Waals surface area contributed by atoms with E-state index < -0.39 is 0 Å². The van der Waals surface area contributed by atoms with E-state index in [1.807, 2.05) is 6.07 Å². The Balaban J connectivity index is 0.00000338. The predicted molar refractivity (Wildman–Crippen MR) is 109 cm³/mol. The molecule has 0 spiro atoms. The highest BCUT2D eigenvalue weighted by molar-refractivity contribution is 14.0. The van der Waals surface area contributed by atoms with Gasteiger partial charge >= 0.3 is 0 Å². The Morgan fingerprint density at radius 2 is 2.31 bits per heavy atom. The van der Waals surface area contributed by atoms with E-state index in [1.165, 1.54) is 18.2 Å². The first-order valence-electron chi connectivity index (χ1n) is 8.55. The molecular weight excluding hydrogens is 450 g/mol. The molecule has 8 heteroatoms. The molecule has 1 aliphatic rings. The minimum atomic E-state index is -0.343. The lowest BCUT2D eigenvalue weighted by Gasteiger charge is -2.13. The molecule has 144 valence electrons. The van der Waals surface area contributed by atoms with E-state index >= 15 is 0 Å². The van der Waals surface area contributed by atoms with Gasteiger partial charge in [-0.15, -0.1) is 24.0 Å². The fourth-order valence-corrected chi connectivity index (χ4v) is 2.55. The van der Waals surface area contributed by atoms with Crippen molar-refractivity contribution in [2.45, 2.75) is 31.9 Å². The van der Waals surface area contributed by atoms with Crippen LogP contribution in [0.1, 0.15) is 30.4 Å². The molecule has 1 aromatic carbocycles. The summed E-state index contributed by atoms with van der Waals surface area (Å²) in [6.45, 7) is 3.11. The molecule has 1 fully saturated rings. The molecule has 0 bridgehead atoms. The first kappa shape index (κ1) is 22.6. The van der Waals surface area contributed by atoms with E-state index in [1.54, 1.807) is 7.05 Å². The Kier molecular flexibility index (Phi) is 11.2. The Labute approximate surface area is 171 Å². The van der Waals surface area contributed by atoms with Crippen molar-refractivity contribution >= 4 is 29.9 Å². The highest BCUT2D eigenvalue weighted by Gasteiger charge is 2.14. The summed E-state index contributed by atoms with van der Waals surface area (Å²) in [4.78, 5) is 4.10. The number of nitrogens with one attached hydrogen (secondary N) is 2. The molecule has 6 nitrogen and oxygen atoms in total. The van der Waals surface area contributed by atoms with Crippen molar-refractivity contribution in [2.24, 2.45) is 4.99 Å². The van der Waals surface area contributed by atoms with Crippen LogP contribution in [0.15, 0.2) is 23.2 Å². The van der Waals surface area contributed by atoms with E-state index in [2.05, 4.69) is 15.6 Å². The third kappa shape index (κ3) is 7.85. The van der Waals surface area contributed by atoms with Crippen LogP contribution in [-0.4, -0.2) is 45.5 Å². The Morgan fingerprint density at radius 1 is 1.46 bits per heavy atom. The number of hydrogen-bond donors (Lipinski definition) is 2. The monoisotopic (exact) mass is 476 g/mol. The van der Waals surface area contributed by atoms with Gasteiger partial charge < -0.3 is 20.1 Å². The fraction of sp³-hybridized carbons (Fsp3) is 0.556. The van der Waals surface area contributed by atoms with E-state index in [0.717, 1.165) is 25.9 Å². The van der Waals surface area contributed by atoms with Crippen LogP contribution in [0.2, 0.25) is 0 Å². The van der Waals surface area contributed by atoms with Crippen LogP contribution in [0, 0.1) is 17.1 Å². The quantitative estimate of drug-likeness (QED) is 0.261. The average molecular weight is 476 g/mol. The number of guanidine groups is 1. The number of nitrogens with zero attached hydrogens (tertiary/aromatic N) is 2. The number of nitriles is 1. The molecule has 1 aromatic rings. The molecule has 0 saturated carbocycles. The zero-order valence-electron chi connectivity index (χ0n) is 15.0. The number of ether oxygens (including phenoxy) is 2. The largest absolute Gasteiger partial charge is 0.379 e. The van der Waals surface area contributed by atoms with Gasteiger partial charge in [0.05, 0.1) is 24.3 Å². The molecule has 2 rings (SSSR count). The normalized spacial score (nSPS) is 16.7. The van der Waals surface area contributed by atoms with Crippen LogP contribution in [0.25, 0.3) is 0 Å². The van der Waals surface area contributed by atoms with Gasteiger partial charge in [-0.05, 0) is 37.5 Å². The molecular formula is C18H26FIN4O2. The smallest absolute Gasteiger partial charge is 0.191 e. The second-order valence-electron chi connectivity index (χ2n) is 5.83. The highest BCUT2D eigenvalue weighted by atomic mass is 127. The number of aliphatic imine (C=N–C) groups is 1. The van der Waals surface area contributed by atoms with Crippen molar-refractivity contribution in [1.29, 1.82) is 5.26 Å². The van der Waals surface area contributed by atoms with Gasteiger partial charge in [0, 0.05) is 38.9 Å². The van der Waals surface area contributed by atoms with Crippen LogP contribution in [-0.2, 0) is 16.0 Å². The molecule has 0 aliphatic carbocycles. The molecule has 1 unspecified atom stereocenters. The van der Waals surface area contributed by atoms with E-state index in [9.17, 15) is 4.39 Å². The Hall–Kier alpha value is -1.44. The highest BCUT2D eigenvalue weighted by Crippen LogP contribution is 2.12. The van der Waals surface area contributed by atoms with Crippen LogP contribution >= 0.6 is 24.0 Å². The zero-order valence-corrected chi connectivity index (χ0v) is 17.3. The van der Waals surface area contributed by atoms with Gasteiger partial charge in [0.25, 0.3) is 0 Å².